The highest BCUT2D eigenvalue weighted by atomic mass is 16.5. The van der Waals surface area contributed by atoms with Gasteiger partial charge in [0.2, 0.25) is 0 Å². The van der Waals surface area contributed by atoms with Crippen LogP contribution in [0.3, 0.4) is 0 Å². The quantitative estimate of drug-likeness (QED) is 0.889. The first-order valence-electron chi connectivity index (χ1n) is 7.78. The zero-order valence-electron chi connectivity index (χ0n) is 13.1. The van der Waals surface area contributed by atoms with E-state index in [4.69, 9.17) is 9.84 Å². The van der Waals surface area contributed by atoms with Gasteiger partial charge in [0.05, 0.1) is 25.0 Å². The summed E-state index contributed by atoms with van der Waals surface area (Å²) in [6, 6.07) is 9.79. The van der Waals surface area contributed by atoms with Crippen molar-refractivity contribution in [2.45, 2.75) is 25.0 Å². The lowest BCUT2D eigenvalue weighted by molar-refractivity contribution is 0.0481. The van der Waals surface area contributed by atoms with Gasteiger partial charge in [-0.2, -0.15) is 0 Å². The Kier molecular flexibility index (Phi) is 4.90. The molecule has 1 aromatic heterocycles. The zero-order chi connectivity index (χ0) is 16.9. The number of nitrogens with zero attached hydrogens (tertiary/aromatic N) is 3. The van der Waals surface area contributed by atoms with Gasteiger partial charge in [0.25, 0.3) is 0 Å². The Morgan fingerprint density at radius 2 is 1.96 bits per heavy atom. The molecule has 2 N–H and O–H groups in total. The first kappa shape index (κ1) is 16.2. The molecule has 24 heavy (non-hydrogen) atoms. The number of aliphatic hydroxyl groups excluding tert-OH is 1. The summed E-state index contributed by atoms with van der Waals surface area (Å²) in [6.07, 6.45) is 1.85. The summed E-state index contributed by atoms with van der Waals surface area (Å²) in [7, 11) is 0. The van der Waals surface area contributed by atoms with Crippen molar-refractivity contribution in [1.82, 2.24) is 14.9 Å². The summed E-state index contributed by atoms with van der Waals surface area (Å²) < 4.78 is 5.64. The highest BCUT2D eigenvalue weighted by molar-refractivity contribution is 5.65. The van der Waals surface area contributed by atoms with Gasteiger partial charge in [-0.15, -0.1) is 0 Å². The molecule has 2 atom stereocenters. The third kappa shape index (κ3) is 3.80. The second-order valence-electron chi connectivity index (χ2n) is 5.74. The first-order valence-corrected chi connectivity index (χ1v) is 7.78. The van der Waals surface area contributed by atoms with Crippen molar-refractivity contribution in [2.24, 2.45) is 0 Å². The van der Waals surface area contributed by atoms with Crippen LogP contribution >= 0.6 is 0 Å². The zero-order valence-corrected chi connectivity index (χ0v) is 13.1. The fraction of sp³-hybridized carbons (Fsp3) is 0.353. The normalized spacial score (nSPS) is 20.6. The van der Waals surface area contributed by atoms with Crippen molar-refractivity contribution >= 4 is 6.09 Å². The minimum absolute atomic E-state index is 0.0790. The first-order chi connectivity index (χ1) is 11.6. The standard InChI is InChI=1S/C17H19N3O4/c21-15-10-20(17(22)23)7-6-14(15)16-18-8-13(9-19-16)24-11-12-4-2-1-3-5-12/h1-5,8-9,14-15,21H,6-7,10-11H2,(H,22,23). The molecule has 1 aromatic carbocycles. The number of aliphatic hydroxyl groups is 1. The monoisotopic (exact) mass is 329 g/mol. The SMILES string of the molecule is O=C(O)N1CCC(c2ncc(OCc3ccccc3)cn2)C(O)C1. The van der Waals surface area contributed by atoms with Gasteiger partial charge in [-0.1, -0.05) is 30.3 Å². The molecule has 7 nitrogen and oxygen atoms in total. The maximum Gasteiger partial charge on any atom is 0.407 e. The van der Waals surface area contributed by atoms with Crippen molar-refractivity contribution in [2.75, 3.05) is 13.1 Å². The third-order valence-electron chi connectivity index (χ3n) is 4.08. The summed E-state index contributed by atoms with van der Waals surface area (Å²) in [6.45, 7) is 0.880. The summed E-state index contributed by atoms with van der Waals surface area (Å²) in [4.78, 5) is 20.7. The van der Waals surface area contributed by atoms with E-state index in [-0.39, 0.29) is 12.5 Å². The van der Waals surface area contributed by atoms with Gasteiger partial charge >= 0.3 is 6.09 Å². The van der Waals surface area contributed by atoms with Gasteiger partial charge in [0.15, 0.2) is 5.75 Å². The molecular weight excluding hydrogens is 310 g/mol. The number of benzene rings is 1. The Balaban J connectivity index is 1.59. The van der Waals surface area contributed by atoms with Crippen LogP contribution in [0.25, 0.3) is 0 Å². The van der Waals surface area contributed by atoms with E-state index in [1.807, 2.05) is 30.3 Å². The molecule has 2 unspecified atom stereocenters. The van der Waals surface area contributed by atoms with E-state index >= 15 is 0 Å². The number of carboxylic acid groups (broad SMARTS) is 1. The Hall–Kier alpha value is -2.67. The predicted molar refractivity (Wildman–Crippen MR) is 85.8 cm³/mol. The van der Waals surface area contributed by atoms with Crippen LogP contribution < -0.4 is 4.74 Å². The third-order valence-corrected chi connectivity index (χ3v) is 4.08. The fourth-order valence-electron chi connectivity index (χ4n) is 2.74. The lowest BCUT2D eigenvalue weighted by atomic mass is 9.93. The number of amides is 1. The molecule has 0 bridgehead atoms. The number of hydrogen-bond acceptors (Lipinski definition) is 5. The Bertz CT molecular complexity index is 678. The van der Waals surface area contributed by atoms with E-state index in [1.54, 1.807) is 12.4 Å². The van der Waals surface area contributed by atoms with E-state index in [1.165, 1.54) is 4.90 Å². The second kappa shape index (κ2) is 7.27. The number of hydrogen-bond donors (Lipinski definition) is 2. The van der Waals surface area contributed by atoms with Crippen molar-refractivity contribution < 1.29 is 19.7 Å². The summed E-state index contributed by atoms with van der Waals surface area (Å²) in [5.74, 6) is 0.809. The number of likely N-dealkylation sites (tertiary alicyclic amines) is 1. The molecule has 0 spiro atoms. The topological polar surface area (TPSA) is 95.8 Å². The van der Waals surface area contributed by atoms with Gasteiger partial charge in [-0.3, -0.25) is 0 Å². The Labute approximate surface area is 139 Å². The molecule has 2 heterocycles. The summed E-state index contributed by atoms with van der Waals surface area (Å²) in [5, 5.41) is 19.1. The number of carbonyl (C=O) groups is 1. The number of rotatable bonds is 4. The van der Waals surface area contributed by atoms with Crippen LogP contribution in [0.5, 0.6) is 5.75 Å². The maximum atomic E-state index is 10.9. The average Bonchev–Trinajstić information content (AvgIpc) is 2.61. The Morgan fingerprint density at radius 1 is 1.25 bits per heavy atom. The van der Waals surface area contributed by atoms with Crippen LogP contribution in [0.4, 0.5) is 4.79 Å². The van der Waals surface area contributed by atoms with Crippen LogP contribution in [0.15, 0.2) is 42.7 Å². The molecule has 3 rings (SSSR count). The van der Waals surface area contributed by atoms with E-state index in [2.05, 4.69) is 9.97 Å². The molecule has 0 radical (unpaired) electrons. The second-order valence-corrected chi connectivity index (χ2v) is 5.74. The van der Waals surface area contributed by atoms with Crippen molar-refractivity contribution in [3.05, 3.63) is 54.1 Å². The van der Waals surface area contributed by atoms with Crippen LogP contribution in [-0.2, 0) is 6.61 Å². The van der Waals surface area contributed by atoms with Crippen LogP contribution in [-0.4, -0.2) is 50.4 Å². The molecule has 1 aliphatic rings. The largest absolute Gasteiger partial charge is 0.486 e. The predicted octanol–water partition coefficient (Wildman–Crippen LogP) is 1.88. The summed E-state index contributed by atoms with van der Waals surface area (Å²) >= 11 is 0. The molecule has 7 heteroatoms. The van der Waals surface area contributed by atoms with Crippen molar-refractivity contribution in [1.29, 1.82) is 0 Å². The van der Waals surface area contributed by atoms with E-state index < -0.39 is 12.2 Å². The molecular formula is C17H19N3O4. The molecule has 1 saturated heterocycles. The highest BCUT2D eigenvalue weighted by Crippen LogP contribution is 2.26. The fourth-order valence-corrected chi connectivity index (χ4v) is 2.74. The average molecular weight is 329 g/mol. The molecule has 1 aliphatic heterocycles. The molecule has 1 fully saturated rings. The number of aromatic nitrogens is 2. The van der Waals surface area contributed by atoms with Crippen LogP contribution in [0.2, 0.25) is 0 Å². The molecule has 2 aromatic rings. The van der Waals surface area contributed by atoms with Gasteiger partial charge in [-0.05, 0) is 12.0 Å². The lowest BCUT2D eigenvalue weighted by Crippen LogP contribution is -2.45. The molecule has 0 saturated carbocycles. The van der Waals surface area contributed by atoms with Crippen molar-refractivity contribution in [3.63, 3.8) is 0 Å². The lowest BCUT2D eigenvalue weighted by Gasteiger charge is -2.33. The Morgan fingerprint density at radius 3 is 2.58 bits per heavy atom. The number of piperidine rings is 1. The molecule has 126 valence electrons. The van der Waals surface area contributed by atoms with E-state index in [9.17, 15) is 9.90 Å². The van der Waals surface area contributed by atoms with E-state index in [0.29, 0.717) is 31.1 Å². The van der Waals surface area contributed by atoms with Gasteiger partial charge < -0.3 is 19.8 Å². The number of ether oxygens (including phenoxy) is 1. The minimum atomic E-state index is -1.02. The van der Waals surface area contributed by atoms with E-state index in [0.717, 1.165) is 5.56 Å². The van der Waals surface area contributed by atoms with Crippen LogP contribution in [0, 0.1) is 0 Å². The smallest absolute Gasteiger partial charge is 0.407 e. The number of β-amino-alcohol motifs (C(OH)–C–C–N with tert-alkyl or cyclic N) is 1. The molecule has 0 aliphatic carbocycles. The maximum absolute atomic E-state index is 10.9. The highest BCUT2D eigenvalue weighted by Gasteiger charge is 2.32. The van der Waals surface area contributed by atoms with Gasteiger partial charge in [-0.25, -0.2) is 14.8 Å². The van der Waals surface area contributed by atoms with Crippen LogP contribution in [0.1, 0.15) is 23.7 Å². The minimum Gasteiger partial charge on any atom is -0.486 e. The summed E-state index contributed by atoms with van der Waals surface area (Å²) in [5.41, 5.74) is 1.05. The van der Waals surface area contributed by atoms with Gasteiger partial charge in [0, 0.05) is 12.5 Å². The van der Waals surface area contributed by atoms with Crippen molar-refractivity contribution in [3.8, 4) is 5.75 Å². The molecule has 1 amide bonds. The van der Waals surface area contributed by atoms with Gasteiger partial charge in [0.1, 0.15) is 12.4 Å².